The highest BCUT2D eigenvalue weighted by molar-refractivity contribution is 7.17. The maximum Gasteiger partial charge on any atom is 0.301 e. The Morgan fingerprint density at radius 1 is 1.39 bits per heavy atom. The number of hydrogen-bond acceptors (Lipinski definition) is 7. The zero-order valence-electron chi connectivity index (χ0n) is 16.7. The van der Waals surface area contributed by atoms with Crippen LogP contribution < -0.4 is 16.2 Å². The molecule has 8 nitrogen and oxygen atoms in total. The first-order valence-electron chi connectivity index (χ1n) is 9.73. The molecule has 3 aromatic rings. The molecule has 164 valence electrons. The predicted octanol–water partition coefficient (Wildman–Crippen LogP) is 2.49. The van der Waals surface area contributed by atoms with Crippen molar-refractivity contribution in [1.82, 2.24) is 24.9 Å². The van der Waals surface area contributed by atoms with E-state index in [1.165, 1.54) is 15.7 Å². The summed E-state index contributed by atoms with van der Waals surface area (Å²) in [6, 6.07) is 5.39. The number of nitrogens with one attached hydrogen (secondary N) is 2. The number of piperazine rings is 1. The van der Waals surface area contributed by atoms with E-state index >= 15 is 0 Å². The molecule has 2 aromatic heterocycles. The topological polar surface area (TPSA) is 99.0 Å². The highest BCUT2D eigenvalue weighted by Gasteiger charge is 2.21. The van der Waals surface area contributed by atoms with E-state index in [9.17, 15) is 14.7 Å². The first kappa shape index (κ1) is 22.0. The SMILES string of the molecule is CC1CN(Cc2cn3c(=O)c(O)c(C(=O)NCc4ccc(Cl)c(Cl)c4)nc3s2)CCN1. The summed E-state index contributed by atoms with van der Waals surface area (Å²) in [6.45, 7) is 5.68. The van der Waals surface area contributed by atoms with Crippen molar-refractivity contribution in [1.29, 1.82) is 0 Å². The van der Waals surface area contributed by atoms with Crippen molar-refractivity contribution in [3.8, 4) is 5.75 Å². The molecule has 3 N–H and O–H groups in total. The molecule has 0 spiro atoms. The lowest BCUT2D eigenvalue weighted by Crippen LogP contribution is -2.48. The van der Waals surface area contributed by atoms with Gasteiger partial charge in [-0.05, 0) is 24.6 Å². The van der Waals surface area contributed by atoms with Gasteiger partial charge in [0.05, 0.1) is 10.0 Å². The molecular formula is C20H21Cl2N5O3S. The van der Waals surface area contributed by atoms with Crippen LogP contribution in [0.5, 0.6) is 5.75 Å². The van der Waals surface area contributed by atoms with Crippen molar-refractivity contribution in [2.45, 2.75) is 26.1 Å². The molecule has 1 aromatic carbocycles. The van der Waals surface area contributed by atoms with Crippen LogP contribution >= 0.6 is 34.5 Å². The number of amides is 1. The second-order valence-electron chi connectivity index (χ2n) is 7.49. The molecule has 11 heteroatoms. The number of carbonyl (C=O) groups is 1. The minimum Gasteiger partial charge on any atom is -0.501 e. The van der Waals surface area contributed by atoms with Gasteiger partial charge in [-0.25, -0.2) is 4.98 Å². The van der Waals surface area contributed by atoms with Gasteiger partial charge in [-0.3, -0.25) is 18.9 Å². The van der Waals surface area contributed by atoms with Gasteiger partial charge >= 0.3 is 5.56 Å². The van der Waals surface area contributed by atoms with Crippen LogP contribution in [0, 0.1) is 0 Å². The van der Waals surface area contributed by atoms with Crippen molar-refractivity contribution in [2.24, 2.45) is 0 Å². The van der Waals surface area contributed by atoms with Crippen LogP contribution in [0.15, 0.2) is 29.2 Å². The molecule has 0 radical (unpaired) electrons. The summed E-state index contributed by atoms with van der Waals surface area (Å²) in [4.78, 5) is 33.0. The van der Waals surface area contributed by atoms with Gasteiger partial charge in [-0.15, -0.1) is 0 Å². The molecular weight excluding hydrogens is 461 g/mol. The Kier molecular flexibility index (Phi) is 6.49. The highest BCUT2D eigenvalue weighted by Crippen LogP contribution is 2.23. The third kappa shape index (κ3) is 4.86. The molecule has 1 fully saturated rings. The van der Waals surface area contributed by atoms with Gasteiger partial charge < -0.3 is 15.7 Å². The van der Waals surface area contributed by atoms with Gasteiger partial charge in [0.25, 0.3) is 5.91 Å². The van der Waals surface area contributed by atoms with Crippen molar-refractivity contribution in [2.75, 3.05) is 19.6 Å². The zero-order chi connectivity index (χ0) is 22.1. The molecule has 4 rings (SSSR count). The Bertz CT molecular complexity index is 1200. The van der Waals surface area contributed by atoms with E-state index in [4.69, 9.17) is 23.2 Å². The first-order valence-corrected chi connectivity index (χ1v) is 11.3. The molecule has 1 saturated heterocycles. The number of thiazole rings is 1. The van der Waals surface area contributed by atoms with Crippen molar-refractivity contribution in [3.63, 3.8) is 0 Å². The lowest BCUT2D eigenvalue weighted by Gasteiger charge is -2.31. The second-order valence-corrected chi connectivity index (χ2v) is 9.39. The number of benzene rings is 1. The summed E-state index contributed by atoms with van der Waals surface area (Å²) in [5, 5.41) is 17.1. The molecule has 0 bridgehead atoms. The van der Waals surface area contributed by atoms with Crippen molar-refractivity contribution >= 4 is 45.4 Å². The first-order chi connectivity index (χ1) is 14.8. The van der Waals surface area contributed by atoms with Crippen molar-refractivity contribution in [3.05, 3.63) is 60.9 Å². The molecule has 1 aliphatic rings. The third-order valence-corrected chi connectivity index (χ3v) is 6.75. The largest absolute Gasteiger partial charge is 0.501 e. The summed E-state index contributed by atoms with van der Waals surface area (Å²) in [6.07, 6.45) is 1.68. The highest BCUT2D eigenvalue weighted by atomic mass is 35.5. The molecule has 3 heterocycles. The Hall–Kier alpha value is -2.17. The minimum atomic E-state index is -0.677. The van der Waals surface area contributed by atoms with Crippen LogP contribution in [-0.4, -0.2) is 51.0 Å². The van der Waals surface area contributed by atoms with E-state index in [-0.39, 0.29) is 12.2 Å². The summed E-state index contributed by atoms with van der Waals surface area (Å²) in [5.74, 6) is -1.32. The number of carbonyl (C=O) groups excluding carboxylic acids is 1. The number of nitrogens with zero attached hydrogens (tertiary/aromatic N) is 3. The van der Waals surface area contributed by atoms with Crippen LogP contribution in [0.1, 0.15) is 27.9 Å². The maximum atomic E-state index is 12.6. The van der Waals surface area contributed by atoms with E-state index in [0.29, 0.717) is 27.6 Å². The van der Waals surface area contributed by atoms with Crippen molar-refractivity contribution < 1.29 is 9.90 Å². The third-order valence-electron chi connectivity index (χ3n) is 5.04. The summed E-state index contributed by atoms with van der Waals surface area (Å²) >= 11 is 13.2. The number of hydrogen-bond donors (Lipinski definition) is 3. The average molecular weight is 482 g/mol. The molecule has 0 aliphatic carbocycles. The van der Waals surface area contributed by atoms with Crippen LogP contribution in [-0.2, 0) is 13.1 Å². The maximum absolute atomic E-state index is 12.6. The van der Waals surface area contributed by atoms with Gasteiger partial charge in [0, 0.05) is 49.8 Å². The summed E-state index contributed by atoms with van der Waals surface area (Å²) in [7, 11) is 0. The number of aromatic hydroxyl groups is 1. The summed E-state index contributed by atoms with van der Waals surface area (Å²) in [5.41, 5.74) is -0.237. The Balaban J connectivity index is 1.53. The monoisotopic (exact) mass is 481 g/mol. The van der Waals surface area contributed by atoms with Gasteiger partial charge in [0.2, 0.25) is 5.75 Å². The van der Waals surface area contributed by atoms with Gasteiger partial charge in [0.1, 0.15) is 0 Å². The normalized spacial score (nSPS) is 17.2. The van der Waals surface area contributed by atoms with E-state index < -0.39 is 17.2 Å². The number of halogens is 2. The number of fused-ring (bicyclic) bond motifs is 1. The van der Waals surface area contributed by atoms with Crippen LogP contribution in [0.2, 0.25) is 10.0 Å². The summed E-state index contributed by atoms with van der Waals surface area (Å²) < 4.78 is 1.29. The standard InChI is InChI=1S/C20H21Cl2N5O3S/c1-11-8-26(5-4-23-11)9-13-10-27-19(30)17(28)16(25-20(27)31-13)18(29)24-7-12-2-3-14(21)15(22)6-12/h2-3,6,10-11,23,28H,4-5,7-9H2,1H3,(H,24,29). The number of rotatable bonds is 5. The fraction of sp³-hybridized carbons (Fsp3) is 0.350. The van der Waals surface area contributed by atoms with Crippen LogP contribution in [0.4, 0.5) is 0 Å². The van der Waals surface area contributed by atoms with Gasteiger partial charge in [0.15, 0.2) is 10.7 Å². The molecule has 1 atom stereocenters. The number of aromatic nitrogens is 2. The average Bonchev–Trinajstić information content (AvgIpc) is 3.14. The Labute approximate surface area is 192 Å². The molecule has 1 amide bonds. The predicted molar refractivity (Wildman–Crippen MR) is 121 cm³/mol. The Morgan fingerprint density at radius 2 is 2.19 bits per heavy atom. The minimum absolute atomic E-state index is 0.146. The second kappa shape index (κ2) is 9.13. The fourth-order valence-corrected chi connectivity index (χ4v) is 4.83. The van der Waals surface area contributed by atoms with E-state index in [0.717, 1.165) is 30.1 Å². The van der Waals surface area contributed by atoms with Crippen LogP contribution in [0.3, 0.4) is 0 Å². The lowest BCUT2D eigenvalue weighted by atomic mass is 10.2. The smallest absolute Gasteiger partial charge is 0.301 e. The molecule has 1 aliphatic heterocycles. The molecule has 0 saturated carbocycles. The van der Waals surface area contributed by atoms with E-state index in [1.54, 1.807) is 24.4 Å². The quantitative estimate of drug-likeness (QED) is 0.517. The molecule has 1 unspecified atom stereocenters. The zero-order valence-corrected chi connectivity index (χ0v) is 19.0. The molecule has 31 heavy (non-hydrogen) atoms. The van der Waals surface area contributed by atoms with Crippen LogP contribution in [0.25, 0.3) is 4.96 Å². The lowest BCUT2D eigenvalue weighted by molar-refractivity contribution is 0.0943. The fourth-order valence-electron chi connectivity index (χ4n) is 3.50. The van der Waals surface area contributed by atoms with Gasteiger partial charge in [-0.1, -0.05) is 40.6 Å². The van der Waals surface area contributed by atoms with Gasteiger partial charge in [-0.2, -0.15) is 0 Å². The Morgan fingerprint density at radius 3 is 2.94 bits per heavy atom. The van der Waals surface area contributed by atoms with E-state index in [1.807, 2.05) is 0 Å². The van der Waals surface area contributed by atoms with E-state index in [2.05, 4.69) is 27.4 Å².